The molecular formula is C19H20ClNO2. The molecule has 0 N–H and O–H groups in total. The van der Waals surface area contributed by atoms with E-state index >= 15 is 0 Å². The number of benzene rings is 1. The smallest absolute Gasteiger partial charge is 0.167 e. The van der Waals surface area contributed by atoms with E-state index in [0.717, 1.165) is 35.9 Å². The van der Waals surface area contributed by atoms with Crippen LogP contribution >= 0.6 is 11.6 Å². The number of allylic oxidation sites excluding steroid dienone is 2. The Bertz CT molecular complexity index is 799. The Balaban J connectivity index is 1.89. The van der Waals surface area contributed by atoms with Gasteiger partial charge in [0, 0.05) is 16.6 Å². The fourth-order valence-corrected chi connectivity index (χ4v) is 5.65. The topological polar surface area (TPSA) is 21.7 Å². The number of likely N-dealkylation sites (tertiary alicyclic amines) is 1. The Morgan fingerprint density at radius 1 is 1.39 bits per heavy atom. The number of rotatable bonds is 1. The van der Waals surface area contributed by atoms with E-state index in [0.29, 0.717) is 6.04 Å². The molecule has 0 aromatic heterocycles. The molecule has 1 fully saturated rings. The van der Waals surface area contributed by atoms with Gasteiger partial charge < -0.3 is 9.47 Å². The maximum Gasteiger partial charge on any atom is 0.167 e. The zero-order valence-corrected chi connectivity index (χ0v) is 14.4. The van der Waals surface area contributed by atoms with Gasteiger partial charge in [-0.3, -0.25) is 4.90 Å². The molecule has 1 spiro atoms. The number of hydrogen-bond acceptors (Lipinski definition) is 3. The standard InChI is InChI=1S/C19H20ClNO2/c1-18-10-12(20)9-13-14-8-11-4-5-15(22-3)17(23-18)16(11)19(13,18)6-7-21(14)2/h4-5,9-10,14H,6-8H2,1-3H3/t14-,18-,19-/m1/s1. The third-order valence-electron chi connectivity index (χ3n) is 6.36. The van der Waals surface area contributed by atoms with Crippen molar-refractivity contribution in [2.45, 2.75) is 36.8 Å². The van der Waals surface area contributed by atoms with Crippen LogP contribution in [0.2, 0.25) is 0 Å². The SMILES string of the molecule is COc1ccc2c3c1O[C@]1(C)C=C(Cl)C=C4[C@@H](C2)N(C)CC[C@@]431. The van der Waals surface area contributed by atoms with E-state index in [-0.39, 0.29) is 5.41 Å². The molecule has 2 heterocycles. The van der Waals surface area contributed by atoms with E-state index in [1.165, 1.54) is 16.7 Å². The third kappa shape index (κ3) is 1.42. The molecule has 1 aromatic rings. The van der Waals surface area contributed by atoms with Crippen LogP contribution in [-0.2, 0) is 11.8 Å². The van der Waals surface area contributed by atoms with E-state index in [9.17, 15) is 0 Å². The van der Waals surface area contributed by atoms with Crippen LogP contribution in [0.25, 0.3) is 0 Å². The van der Waals surface area contributed by atoms with Gasteiger partial charge in [-0.05, 0) is 62.7 Å². The first kappa shape index (κ1) is 13.9. The number of likely N-dealkylation sites (N-methyl/N-ethyl adjacent to an activating group) is 1. The van der Waals surface area contributed by atoms with Gasteiger partial charge in [-0.2, -0.15) is 0 Å². The molecule has 5 rings (SSSR count). The Labute approximate surface area is 141 Å². The van der Waals surface area contributed by atoms with Crippen molar-refractivity contribution in [3.05, 3.63) is 46.0 Å². The first-order valence-electron chi connectivity index (χ1n) is 8.20. The second kappa shape index (κ2) is 4.14. The van der Waals surface area contributed by atoms with Crippen molar-refractivity contribution in [3.63, 3.8) is 0 Å². The predicted octanol–water partition coefficient (Wildman–Crippen LogP) is 3.41. The van der Waals surface area contributed by atoms with Crippen LogP contribution in [0.4, 0.5) is 0 Å². The molecule has 3 nitrogen and oxygen atoms in total. The van der Waals surface area contributed by atoms with Gasteiger partial charge >= 0.3 is 0 Å². The molecule has 0 saturated carbocycles. The zero-order chi connectivity index (χ0) is 16.0. The molecule has 1 aromatic carbocycles. The van der Waals surface area contributed by atoms with Crippen molar-refractivity contribution >= 4 is 11.6 Å². The summed E-state index contributed by atoms with van der Waals surface area (Å²) in [5, 5.41) is 0.786. The quantitative estimate of drug-likeness (QED) is 0.788. The number of halogens is 1. The predicted molar refractivity (Wildman–Crippen MR) is 90.5 cm³/mol. The van der Waals surface area contributed by atoms with Crippen molar-refractivity contribution in [1.82, 2.24) is 4.90 Å². The first-order chi connectivity index (χ1) is 11.0. The monoisotopic (exact) mass is 329 g/mol. The molecule has 1 saturated heterocycles. The van der Waals surface area contributed by atoms with E-state index in [2.05, 4.69) is 37.1 Å². The summed E-state index contributed by atoms with van der Waals surface area (Å²) >= 11 is 6.49. The van der Waals surface area contributed by atoms with Crippen LogP contribution in [0.15, 0.2) is 34.9 Å². The number of hydrogen-bond donors (Lipinski definition) is 0. The van der Waals surface area contributed by atoms with E-state index in [4.69, 9.17) is 21.1 Å². The Hall–Kier alpha value is -1.45. The third-order valence-corrected chi connectivity index (χ3v) is 6.58. The minimum Gasteiger partial charge on any atom is -0.493 e. The fourth-order valence-electron chi connectivity index (χ4n) is 5.32. The molecule has 23 heavy (non-hydrogen) atoms. The van der Waals surface area contributed by atoms with Gasteiger partial charge in [0.05, 0.1) is 12.5 Å². The highest BCUT2D eigenvalue weighted by atomic mass is 35.5. The maximum absolute atomic E-state index is 6.55. The van der Waals surface area contributed by atoms with Gasteiger partial charge in [-0.1, -0.05) is 17.7 Å². The van der Waals surface area contributed by atoms with Crippen LogP contribution in [0.5, 0.6) is 11.5 Å². The van der Waals surface area contributed by atoms with Crippen molar-refractivity contribution in [1.29, 1.82) is 0 Å². The van der Waals surface area contributed by atoms with Crippen molar-refractivity contribution in [2.75, 3.05) is 20.7 Å². The average molecular weight is 330 g/mol. The zero-order valence-electron chi connectivity index (χ0n) is 13.6. The molecule has 4 aliphatic rings. The summed E-state index contributed by atoms with van der Waals surface area (Å²) < 4.78 is 12.1. The minimum absolute atomic E-state index is 0.0972. The van der Waals surface area contributed by atoms with Gasteiger partial charge in [0.15, 0.2) is 11.5 Å². The summed E-state index contributed by atoms with van der Waals surface area (Å²) in [6.07, 6.45) is 6.34. The van der Waals surface area contributed by atoms with Crippen LogP contribution < -0.4 is 9.47 Å². The van der Waals surface area contributed by atoms with Crippen LogP contribution in [-0.4, -0.2) is 37.2 Å². The number of methoxy groups -OCH3 is 1. The second-order valence-corrected chi connectivity index (χ2v) is 7.76. The molecule has 3 atom stereocenters. The van der Waals surface area contributed by atoms with Crippen molar-refractivity contribution in [3.8, 4) is 11.5 Å². The second-order valence-electron chi connectivity index (χ2n) is 7.32. The van der Waals surface area contributed by atoms with Crippen LogP contribution in [0.1, 0.15) is 24.5 Å². The summed E-state index contributed by atoms with van der Waals surface area (Å²) in [7, 11) is 3.93. The van der Waals surface area contributed by atoms with Crippen molar-refractivity contribution < 1.29 is 9.47 Å². The van der Waals surface area contributed by atoms with E-state index in [1.54, 1.807) is 7.11 Å². The lowest BCUT2D eigenvalue weighted by Crippen LogP contribution is -2.62. The fraction of sp³-hybridized carbons (Fsp3) is 0.474. The summed E-state index contributed by atoms with van der Waals surface area (Å²) in [4.78, 5) is 2.46. The Kier molecular flexibility index (Phi) is 2.51. The molecule has 4 heteroatoms. The number of ether oxygens (including phenoxy) is 2. The molecule has 2 aliphatic carbocycles. The first-order valence-corrected chi connectivity index (χ1v) is 8.58. The minimum atomic E-state index is -0.431. The maximum atomic E-state index is 6.55. The molecular weight excluding hydrogens is 310 g/mol. The van der Waals surface area contributed by atoms with Crippen LogP contribution in [0, 0.1) is 0 Å². The lowest BCUT2D eigenvalue weighted by Gasteiger charge is -2.55. The molecule has 2 bridgehead atoms. The van der Waals surface area contributed by atoms with Crippen LogP contribution in [0.3, 0.4) is 0 Å². The molecule has 2 aliphatic heterocycles. The van der Waals surface area contributed by atoms with Gasteiger partial charge in [0.25, 0.3) is 0 Å². The highest BCUT2D eigenvalue weighted by Gasteiger charge is 2.65. The molecule has 120 valence electrons. The van der Waals surface area contributed by atoms with Gasteiger partial charge in [0.1, 0.15) is 5.60 Å². The average Bonchev–Trinajstić information content (AvgIpc) is 2.77. The summed E-state index contributed by atoms with van der Waals surface area (Å²) in [5.74, 6) is 1.75. The largest absolute Gasteiger partial charge is 0.493 e. The number of piperidine rings is 1. The summed E-state index contributed by atoms with van der Waals surface area (Å²) in [6.45, 7) is 3.25. The van der Waals surface area contributed by atoms with Gasteiger partial charge in [-0.15, -0.1) is 0 Å². The highest BCUT2D eigenvalue weighted by Crippen LogP contribution is 2.65. The Morgan fingerprint density at radius 3 is 3.00 bits per heavy atom. The Morgan fingerprint density at radius 2 is 2.22 bits per heavy atom. The summed E-state index contributed by atoms with van der Waals surface area (Å²) in [6, 6.07) is 4.67. The number of nitrogens with zero attached hydrogens (tertiary/aromatic N) is 1. The van der Waals surface area contributed by atoms with E-state index in [1.807, 2.05) is 6.07 Å². The molecule has 0 radical (unpaired) electrons. The summed E-state index contributed by atoms with van der Waals surface area (Å²) in [5.41, 5.74) is 3.63. The molecule has 0 unspecified atom stereocenters. The lowest BCUT2D eigenvalue weighted by atomic mass is 9.53. The van der Waals surface area contributed by atoms with Gasteiger partial charge in [0.2, 0.25) is 0 Å². The van der Waals surface area contributed by atoms with Crippen molar-refractivity contribution in [2.24, 2.45) is 0 Å². The normalized spacial score (nSPS) is 36.8. The highest BCUT2D eigenvalue weighted by molar-refractivity contribution is 6.31. The van der Waals surface area contributed by atoms with Gasteiger partial charge in [-0.25, -0.2) is 0 Å². The molecule has 0 amide bonds. The lowest BCUT2D eigenvalue weighted by molar-refractivity contribution is 0.0496. The van der Waals surface area contributed by atoms with E-state index < -0.39 is 5.60 Å².